The summed E-state index contributed by atoms with van der Waals surface area (Å²) in [6.45, 7) is 2.46. The minimum Gasteiger partial charge on any atom is -0.493 e. The fourth-order valence-electron chi connectivity index (χ4n) is 2.96. The zero-order valence-corrected chi connectivity index (χ0v) is 13.4. The molecule has 1 aromatic carbocycles. The molecule has 1 amide bonds. The van der Waals surface area contributed by atoms with Gasteiger partial charge in [-0.25, -0.2) is 0 Å². The van der Waals surface area contributed by atoms with Crippen LogP contribution in [0.2, 0.25) is 0 Å². The Balaban J connectivity index is 1.77. The van der Waals surface area contributed by atoms with Crippen LogP contribution in [0.15, 0.2) is 34.9 Å². The maximum Gasteiger partial charge on any atom is 0.251 e. The molecule has 23 heavy (non-hydrogen) atoms. The summed E-state index contributed by atoms with van der Waals surface area (Å²) >= 11 is 0. The first-order valence-electron chi connectivity index (χ1n) is 7.91. The second kappa shape index (κ2) is 6.77. The number of fused-ring (bicyclic) bond motifs is 1. The number of carbonyl (C=O) groups excluding carboxylic acids is 1. The van der Waals surface area contributed by atoms with Crippen LogP contribution in [0, 0.1) is 0 Å². The van der Waals surface area contributed by atoms with Crippen LogP contribution < -0.4 is 14.8 Å². The highest BCUT2D eigenvalue weighted by Crippen LogP contribution is 2.32. The van der Waals surface area contributed by atoms with Gasteiger partial charge in [-0.1, -0.05) is 0 Å². The summed E-state index contributed by atoms with van der Waals surface area (Å²) in [5.41, 5.74) is 1.64. The average molecular weight is 315 g/mol. The fraction of sp³-hybridized carbons (Fsp3) is 0.389. The number of amides is 1. The van der Waals surface area contributed by atoms with Crippen LogP contribution in [0.1, 0.15) is 47.5 Å². The Kier molecular flexibility index (Phi) is 4.55. The van der Waals surface area contributed by atoms with E-state index in [0.717, 1.165) is 30.6 Å². The number of nitrogens with one attached hydrogen (secondary N) is 1. The molecule has 1 aliphatic rings. The first-order chi connectivity index (χ1) is 11.2. The summed E-state index contributed by atoms with van der Waals surface area (Å²) in [6, 6.07) is 7.17. The quantitative estimate of drug-likeness (QED) is 0.917. The molecule has 0 spiro atoms. The maximum absolute atomic E-state index is 12.5. The smallest absolute Gasteiger partial charge is 0.251 e. The van der Waals surface area contributed by atoms with Crippen molar-refractivity contribution >= 4 is 5.91 Å². The van der Waals surface area contributed by atoms with Gasteiger partial charge in [0.25, 0.3) is 5.91 Å². The van der Waals surface area contributed by atoms with Crippen molar-refractivity contribution in [2.24, 2.45) is 0 Å². The first kappa shape index (κ1) is 15.5. The van der Waals surface area contributed by atoms with E-state index < -0.39 is 0 Å². The Morgan fingerprint density at radius 1 is 1.35 bits per heavy atom. The van der Waals surface area contributed by atoms with E-state index in [0.29, 0.717) is 23.7 Å². The van der Waals surface area contributed by atoms with Crippen molar-refractivity contribution in [3.63, 3.8) is 0 Å². The third kappa shape index (κ3) is 3.18. The van der Waals surface area contributed by atoms with Crippen LogP contribution in [-0.2, 0) is 6.42 Å². The number of furan rings is 1. The van der Waals surface area contributed by atoms with Gasteiger partial charge in [0.15, 0.2) is 11.5 Å². The summed E-state index contributed by atoms with van der Waals surface area (Å²) in [5, 5.41) is 3.08. The van der Waals surface area contributed by atoms with Gasteiger partial charge in [0, 0.05) is 17.5 Å². The van der Waals surface area contributed by atoms with Crippen molar-refractivity contribution in [2.75, 3.05) is 13.7 Å². The summed E-state index contributed by atoms with van der Waals surface area (Å²) in [5.74, 6) is 2.06. The Hall–Kier alpha value is -2.43. The summed E-state index contributed by atoms with van der Waals surface area (Å²) in [6.07, 6.45) is 4.56. The number of benzene rings is 1. The molecule has 1 unspecified atom stereocenters. The number of ether oxygens (including phenoxy) is 2. The molecule has 0 bridgehead atoms. The Morgan fingerprint density at radius 3 is 3.00 bits per heavy atom. The molecule has 1 aromatic heterocycles. The zero-order chi connectivity index (χ0) is 16.2. The molecule has 122 valence electrons. The highest BCUT2D eigenvalue weighted by Gasteiger charge is 2.24. The van der Waals surface area contributed by atoms with Gasteiger partial charge in [-0.05, 0) is 44.0 Å². The lowest BCUT2D eigenvalue weighted by Crippen LogP contribution is -2.30. The number of hydrogen-bond acceptors (Lipinski definition) is 4. The molecular formula is C18H21NO4. The van der Waals surface area contributed by atoms with Crippen molar-refractivity contribution in [1.82, 2.24) is 5.32 Å². The van der Waals surface area contributed by atoms with Gasteiger partial charge in [0.1, 0.15) is 5.76 Å². The number of aryl methyl sites for hydroxylation is 1. The van der Waals surface area contributed by atoms with Gasteiger partial charge in [-0.15, -0.1) is 0 Å². The number of carbonyl (C=O) groups is 1. The molecule has 0 radical (unpaired) electrons. The highest BCUT2D eigenvalue weighted by molar-refractivity contribution is 5.95. The highest BCUT2D eigenvalue weighted by atomic mass is 16.5. The Labute approximate surface area is 135 Å². The van der Waals surface area contributed by atoms with Crippen molar-refractivity contribution in [1.29, 1.82) is 0 Å². The second-order valence-electron chi connectivity index (χ2n) is 5.52. The predicted molar refractivity (Wildman–Crippen MR) is 86.0 cm³/mol. The molecule has 0 fully saturated rings. The maximum atomic E-state index is 12.5. The van der Waals surface area contributed by atoms with Crippen LogP contribution in [-0.4, -0.2) is 19.6 Å². The lowest BCUT2D eigenvalue weighted by molar-refractivity contribution is 0.0932. The largest absolute Gasteiger partial charge is 0.493 e. The van der Waals surface area contributed by atoms with Crippen LogP contribution >= 0.6 is 0 Å². The van der Waals surface area contributed by atoms with E-state index in [-0.39, 0.29) is 11.9 Å². The van der Waals surface area contributed by atoms with Crippen LogP contribution in [0.25, 0.3) is 0 Å². The van der Waals surface area contributed by atoms with Crippen LogP contribution in [0.4, 0.5) is 0 Å². The van der Waals surface area contributed by atoms with Crippen LogP contribution in [0.5, 0.6) is 11.5 Å². The Morgan fingerprint density at radius 2 is 2.22 bits per heavy atom. The second-order valence-corrected chi connectivity index (χ2v) is 5.52. The SMILES string of the molecule is CCOc1ccc(C(=O)NC2CCCc3occc32)cc1OC. The topological polar surface area (TPSA) is 60.7 Å². The minimum atomic E-state index is -0.120. The van der Waals surface area contributed by atoms with Crippen LogP contribution in [0.3, 0.4) is 0 Å². The average Bonchev–Trinajstić information content (AvgIpc) is 3.05. The molecule has 5 heteroatoms. The van der Waals surface area contributed by atoms with E-state index >= 15 is 0 Å². The molecule has 1 N–H and O–H groups in total. The lowest BCUT2D eigenvalue weighted by Gasteiger charge is -2.23. The summed E-state index contributed by atoms with van der Waals surface area (Å²) in [7, 11) is 1.57. The monoisotopic (exact) mass is 315 g/mol. The van der Waals surface area contributed by atoms with Crippen molar-refractivity contribution < 1.29 is 18.7 Å². The minimum absolute atomic E-state index is 0.00237. The number of hydrogen-bond donors (Lipinski definition) is 1. The lowest BCUT2D eigenvalue weighted by atomic mass is 9.93. The van der Waals surface area contributed by atoms with Crippen molar-refractivity contribution in [2.45, 2.75) is 32.2 Å². The predicted octanol–water partition coefficient (Wildman–Crippen LogP) is 3.49. The molecule has 1 atom stereocenters. The van der Waals surface area contributed by atoms with Crippen molar-refractivity contribution in [3.8, 4) is 11.5 Å². The molecule has 0 saturated heterocycles. The molecule has 3 rings (SSSR count). The number of rotatable bonds is 5. The van der Waals surface area contributed by atoms with Gasteiger partial charge < -0.3 is 19.2 Å². The molecule has 0 aliphatic heterocycles. The molecule has 5 nitrogen and oxygen atoms in total. The van der Waals surface area contributed by atoms with E-state index in [9.17, 15) is 4.79 Å². The number of methoxy groups -OCH3 is 1. The van der Waals surface area contributed by atoms with E-state index in [1.807, 2.05) is 13.0 Å². The van der Waals surface area contributed by atoms with Gasteiger partial charge in [-0.2, -0.15) is 0 Å². The zero-order valence-electron chi connectivity index (χ0n) is 13.4. The summed E-state index contributed by atoms with van der Waals surface area (Å²) < 4.78 is 16.2. The first-order valence-corrected chi connectivity index (χ1v) is 7.91. The van der Waals surface area contributed by atoms with E-state index in [1.54, 1.807) is 31.6 Å². The van der Waals surface area contributed by atoms with E-state index in [1.165, 1.54) is 0 Å². The molecule has 2 aromatic rings. The van der Waals surface area contributed by atoms with Crippen molar-refractivity contribution in [3.05, 3.63) is 47.4 Å². The third-order valence-electron chi connectivity index (χ3n) is 4.08. The normalized spacial score (nSPS) is 16.5. The molecular weight excluding hydrogens is 294 g/mol. The molecule has 1 heterocycles. The van der Waals surface area contributed by atoms with Gasteiger partial charge >= 0.3 is 0 Å². The van der Waals surface area contributed by atoms with E-state index in [4.69, 9.17) is 13.9 Å². The summed E-state index contributed by atoms with van der Waals surface area (Å²) in [4.78, 5) is 12.5. The van der Waals surface area contributed by atoms with Gasteiger partial charge in [-0.3, -0.25) is 4.79 Å². The van der Waals surface area contributed by atoms with E-state index in [2.05, 4.69) is 5.32 Å². The standard InChI is InChI=1S/C18H21NO4/c1-3-22-16-8-7-12(11-17(16)21-2)18(20)19-14-5-4-6-15-13(14)9-10-23-15/h7-11,14H,3-6H2,1-2H3,(H,19,20). The van der Waals surface area contributed by atoms with Gasteiger partial charge in [0.05, 0.1) is 26.0 Å². The Bertz CT molecular complexity index is 692. The van der Waals surface area contributed by atoms with Gasteiger partial charge in [0.2, 0.25) is 0 Å². The fourth-order valence-corrected chi connectivity index (χ4v) is 2.96. The third-order valence-corrected chi connectivity index (χ3v) is 4.08. The molecule has 1 aliphatic carbocycles. The molecule has 0 saturated carbocycles.